The van der Waals surface area contributed by atoms with E-state index in [2.05, 4.69) is 217 Å². The van der Waals surface area contributed by atoms with E-state index in [1.165, 1.54) is 88.0 Å². The maximum absolute atomic E-state index is 5.07. The minimum atomic E-state index is -0.509. The maximum atomic E-state index is 5.07. The quantitative estimate of drug-likeness (QED) is 0.167. The molecule has 63 heavy (non-hydrogen) atoms. The number of benzene rings is 10. The Labute approximate surface area is 364 Å². The highest BCUT2D eigenvalue weighted by Gasteiger charge is 2.53. The fourth-order valence-corrected chi connectivity index (χ4v) is 11.9. The van der Waals surface area contributed by atoms with Gasteiger partial charge in [0.25, 0.3) is 0 Å². The minimum Gasteiger partial charge on any atom is -0.296 e. The molecule has 0 N–H and O–H groups in total. The Morgan fingerprint density at radius 2 is 0.873 bits per heavy atom. The number of rotatable bonds is 3. The van der Waals surface area contributed by atoms with Crippen molar-refractivity contribution >= 4 is 54.4 Å². The molecule has 10 aromatic carbocycles. The molecule has 1 unspecified atom stereocenters. The second kappa shape index (κ2) is 12.5. The van der Waals surface area contributed by atoms with Crippen molar-refractivity contribution in [2.75, 3.05) is 0 Å². The number of fused-ring (bicyclic) bond motifs is 16. The van der Waals surface area contributed by atoms with Gasteiger partial charge in [0.2, 0.25) is 0 Å². The van der Waals surface area contributed by atoms with Gasteiger partial charge < -0.3 is 0 Å². The Hall–Kier alpha value is -8.08. The lowest BCUT2D eigenvalue weighted by Crippen LogP contribution is -2.26. The van der Waals surface area contributed by atoms with E-state index in [0.29, 0.717) is 0 Å². The predicted molar refractivity (Wildman–Crippen MR) is 259 cm³/mol. The number of hydrogen-bond donors (Lipinski definition) is 0. The summed E-state index contributed by atoms with van der Waals surface area (Å²) >= 11 is 0. The average molecular weight is 803 g/mol. The van der Waals surface area contributed by atoms with Gasteiger partial charge in [0, 0.05) is 10.8 Å². The lowest BCUT2D eigenvalue weighted by Gasteiger charge is -2.31. The van der Waals surface area contributed by atoms with Crippen LogP contribution in [0.5, 0.6) is 0 Å². The Balaban J connectivity index is 1.16. The van der Waals surface area contributed by atoms with Crippen LogP contribution >= 0.6 is 0 Å². The van der Waals surface area contributed by atoms with Crippen LogP contribution in [0.2, 0.25) is 0 Å². The average Bonchev–Trinajstić information content (AvgIpc) is 4.04. The Morgan fingerprint density at radius 1 is 0.365 bits per heavy atom. The smallest absolute Gasteiger partial charge is 0.111 e. The molecule has 4 heteroatoms. The normalized spacial score (nSPS) is 14.9. The highest BCUT2D eigenvalue weighted by Crippen LogP contribution is 2.65. The summed E-state index contributed by atoms with van der Waals surface area (Å²) in [5, 5.41) is 7.30. The second-order valence-electron chi connectivity index (χ2n) is 17.2. The van der Waals surface area contributed by atoms with Crippen LogP contribution in [0, 0.1) is 13.8 Å². The van der Waals surface area contributed by atoms with Gasteiger partial charge in [-0.15, -0.1) is 0 Å². The standard InChI is InChI=1S/C59H38N4/c1-35-60-50-26-9-11-28-54(50)62(35)52-30-14-20-40-45(52)34-46-41(21-15-31-53(46)63-36(2)61-51-27-10-12-29-55(51)63)56(40)44-22-13-25-49-57(44)43-19-6-8-24-48(43)59(49)47-23-7-5-18-39(47)42-33-32-37-16-3-4-17-38(37)58(42)59/h3-34H,1-2H3. The van der Waals surface area contributed by atoms with Crippen LogP contribution in [0.25, 0.3) is 99.1 Å². The summed E-state index contributed by atoms with van der Waals surface area (Å²) in [5.74, 6) is 1.91. The van der Waals surface area contributed by atoms with Crippen LogP contribution in [-0.2, 0) is 5.41 Å². The largest absolute Gasteiger partial charge is 0.296 e. The lowest BCUT2D eigenvalue weighted by atomic mass is 9.69. The van der Waals surface area contributed by atoms with Crippen molar-refractivity contribution in [1.29, 1.82) is 0 Å². The maximum Gasteiger partial charge on any atom is 0.111 e. The molecule has 0 aliphatic heterocycles. The highest BCUT2D eigenvalue weighted by atomic mass is 15.1. The first-order valence-electron chi connectivity index (χ1n) is 21.8. The van der Waals surface area contributed by atoms with E-state index in [9.17, 15) is 0 Å². The third-order valence-electron chi connectivity index (χ3n) is 14.2. The molecule has 14 rings (SSSR count). The van der Waals surface area contributed by atoms with Crippen molar-refractivity contribution in [3.05, 3.63) is 228 Å². The van der Waals surface area contributed by atoms with Crippen LogP contribution in [0.3, 0.4) is 0 Å². The first-order valence-corrected chi connectivity index (χ1v) is 21.8. The highest BCUT2D eigenvalue weighted by molar-refractivity contribution is 6.19. The molecule has 294 valence electrons. The molecule has 12 aromatic rings. The summed E-state index contributed by atoms with van der Waals surface area (Å²) < 4.78 is 4.68. The van der Waals surface area contributed by atoms with Crippen molar-refractivity contribution in [3.8, 4) is 44.8 Å². The molecule has 2 aromatic heterocycles. The fraction of sp³-hybridized carbons (Fsp3) is 0.0508. The third-order valence-corrected chi connectivity index (χ3v) is 14.2. The summed E-state index contributed by atoms with van der Waals surface area (Å²) in [6.45, 7) is 4.24. The lowest BCUT2D eigenvalue weighted by molar-refractivity contribution is 0.801. The molecule has 1 atom stereocenters. The third kappa shape index (κ3) is 4.39. The monoisotopic (exact) mass is 802 g/mol. The van der Waals surface area contributed by atoms with E-state index in [-0.39, 0.29) is 0 Å². The number of hydrogen-bond acceptors (Lipinski definition) is 2. The van der Waals surface area contributed by atoms with E-state index in [0.717, 1.165) is 45.1 Å². The van der Waals surface area contributed by atoms with Crippen LogP contribution in [0.15, 0.2) is 194 Å². The second-order valence-corrected chi connectivity index (χ2v) is 17.2. The molecular weight excluding hydrogens is 765 g/mol. The molecule has 0 bridgehead atoms. The van der Waals surface area contributed by atoms with E-state index in [1.54, 1.807) is 0 Å². The van der Waals surface area contributed by atoms with Gasteiger partial charge in [-0.1, -0.05) is 152 Å². The Bertz CT molecular complexity index is 3820. The van der Waals surface area contributed by atoms with E-state index in [4.69, 9.17) is 9.97 Å². The number of aromatic nitrogens is 4. The van der Waals surface area contributed by atoms with Crippen LogP contribution in [0.1, 0.15) is 33.9 Å². The van der Waals surface area contributed by atoms with Crippen molar-refractivity contribution in [3.63, 3.8) is 0 Å². The number of nitrogens with zero attached hydrogens (tertiary/aromatic N) is 4. The van der Waals surface area contributed by atoms with Gasteiger partial charge >= 0.3 is 0 Å². The SMILES string of the molecule is Cc1nc2ccccc2n1-c1cccc2c(-c3cccc4c3-c3ccccc3C43c4ccccc4-c4ccc5ccccc5c43)c3cccc(-n4c(C)nc5ccccc54)c3cc12. The summed E-state index contributed by atoms with van der Waals surface area (Å²) in [6, 6.07) is 72.1. The van der Waals surface area contributed by atoms with Gasteiger partial charge in [-0.05, 0) is 133 Å². The zero-order valence-corrected chi connectivity index (χ0v) is 34.8. The number of imidazole rings is 2. The molecule has 0 saturated heterocycles. The molecule has 2 heterocycles. The van der Waals surface area contributed by atoms with Gasteiger partial charge in [0.05, 0.1) is 38.9 Å². The zero-order valence-electron chi connectivity index (χ0n) is 34.8. The molecule has 0 radical (unpaired) electrons. The van der Waals surface area contributed by atoms with Crippen molar-refractivity contribution in [2.24, 2.45) is 0 Å². The number of aryl methyl sites for hydroxylation is 2. The fourth-order valence-electron chi connectivity index (χ4n) is 11.9. The van der Waals surface area contributed by atoms with Crippen LogP contribution < -0.4 is 0 Å². The molecule has 2 aliphatic carbocycles. The number of para-hydroxylation sites is 4. The van der Waals surface area contributed by atoms with Crippen molar-refractivity contribution < 1.29 is 0 Å². The summed E-state index contributed by atoms with van der Waals surface area (Å²) in [4.78, 5) is 10.1. The zero-order chi connectivity index (χ0) is 41.6. The molecule has 4 nitrogen and oxygen atoms in total. The van der Waals surface area contributed by atoms with Crippen molar-refractivity contribution in [2.45, 2.75) is 19.3 Å². The molecule has 0 fully saturated rings. The molecule has 0 saturated carbocycles. The molecule has 2 aliphatic rings. The minimum absolute atomic E-state index is 0.509. The van der Waals surface area contributed by atoms with E-state index in [1.807, 2.05) is 0 Å². The van der Waals surface area contributed by atoms with Gasteiger partial charge in [-0.3, -0.25) is 9.13 Å². The summed E-state index contributed by atoms with van der Waals surface area (Å²) in [5.41, 5.74) is 18.9. The Morgan fingerprint density at radius 3 is 1.56 bits per heavy atom. The Kier molecular flexibility index (Phi) is 6.87. The van der Waals surface area contributed by atoms with Gasteiger partial charge in [0.15, 0.2) is 0 Å². The molecule has 1 spiro atoms. The van der Waals surface area contributed by atoms with E-state index >= 15 is 0 Å². The van der Waals surface area contributed by atoms with Gasteiger partial charge in [-0.25, -0.2) is 9.97 Å². The van der Waals surface area contributed by atoms with Crippen LogP contribution in [0.4, 0.5) is 0 Å². The molecular formula is C59H38N4. The first kappa shape index (κ1) is 34.6. The van der Waals surface area contributed by atoms with E-state index < -0.39 is 5.41 Å². The summed E-state index contributed by atoms with van der Waals surface area (Å²) in [6.07, 6.45) is 0. The van der Waals surface area contributed by atoms with Gasteiger partial charge in [0.1, 0.15) is 11.6 Å². The van der Waals surface area contributed by atoms with Gasteiger partial charge in [-0.2, -0.15) is 0 Å². The predicted octanol–water partition coefficient (Wildman–Crippen LogP) is 14.5. The first-order chi connectivity index (χ1) is 31.1. The topological polar surface area (TPSA) is 35.6 Å². The van der Waals surface area contributed by atoms with Crippen LogP contribution in [-0.4, -0.2) is 19.1 Å². The van der Waals surface area contributed by atoms with Crippen molar-refractivity contribution in [1.82, 2.24) is 19.1 Å². The summed E-state index contributed by atoms with van der Waals surface area (Å²) in [7, 11) is 0. The molecule has 0 amide bonds.